The molecule has 0 bridgehead atoms. The molecule has 2 aromatic carbocycles. The molecule has 31 heavy (non-hydrogen) atoms. The Hall–Kier alpha value is -2.87. The maximum absolute atomic E-state index is 6.08. The first-order valence-corrected chi connectivity index (χ1v) is 11.2. The van der Waals surface area contributed by atoms with Gasteiger partial charge in [-0.15, -0.1) is 10.2 Å². The average Bonchev–Trinajstić information content (AvgIpc) is 3.22. The van der Waals surface area contributed by atoms with E-state index in [0.717, 1.165) is 39.7 Å². The molecule has 166 valence electrons. The number of benzene rings is 2. The van der Waals surface area contributed by atoms with E-state index in [4.69, 9.17) is 18.9 Å². The number of hydrogen-bond donors (Lipinski definition) is 0. The molecule has 7 nitrogen and oxygen atoms in total. The van der Waals surface area contributed by atoms with Crippen LogP contribution in [0.3, 0.4) is 0 Å². The summed E-state index contributed by atoms with van der Waals surface area (Å²) >= 11 is 1.62. The minimum absolute atomic E-state index is 0.205. The summed E-state index contributed by atoms with van der Waals surface area (Å²) < 4.78 is 24.4. The topological polar surface area (TPSA) is 67.6 Å². The van der Waals surface area contributed by atoms with Crippen molar-refractivity contribution in [1.82, 2.24) is 14.8 Å². The van der Waals surface area contributed by atoms with Crippen molar-refractivity contribution in [2.75, 3.05) is 26.6 Å². The average molecular weight is 444 g/mol. The first-order valence-electron chi connectivity index (χ1n) is 10.2. The zero-order chi connectivity index (χ0) is 22.2. The zero-order valence-corrected chi connectivity index (χ0v) is 19.4. The van der Waals surface area contributed by atoms with Crippen LogP contribution in [0.1, 0.15) is 38.7 Å². The SMILES string of the molecule is COc1ccc(OCCSc2nnc(C(C)Oc3ccc(OC)cc3)n2C(C)C)cc1. The number of hydrogen-bond acceptors (Lipinski definition) is 7. The summed E-state index contributed by atoms with van der Waals surface area (Å²) in [6.07, 6.45) is -0.242. The van der Waals surface area contributed by atoms with E-state index >= 15 is 0 Å². The first-order chi connectivity index (χ1) is 15.0. The van der Waals surface area contributed by atoms with Gasteiger partial charge >= 0.3 is 0 Å². The van der Waals surface area contributed by atoms with E-state index in [1.165, 1.54) is 0 Å². The molecule has 1 heterocycles. The summed E-state index contributed by atoms with van der Waals surface area (Å²) in [6, 6.07) is 15.3. The first kappa shape index (κ1) is 22.8. The summed E-state index contributed by atoms with van der Waals surface area (Å²) in [4.78, 5) is 0. The van der Waals surface area contributed by atoms with E-state index in [0.29, 0.717) is 6.61 Å². The van der Waals surface area contributed by atoms with Crippen LogP contribution >= 0.6 is 11.8 Å². The highest BCUT2D eigenvalue weighted by molar-refractivity contribution is 7.99. The lowest BCUT2D eigenvalue weighted by molar-refractivity contribution is 0.207. The molecule has 0 radical (unpaired) electrons. The number of methoxy groups -OCH3 is 2. The summed E-state index contributed by atoms with van der Waals surface area (Å²) in [5, 5.41) is 9.66. The summed E-state index contributed by atoms with van der Waals surface area (Å²) in [6.45, 7) is 6.78. The van der Waals surface area contributed by atoms with E-state index in [2.05, 4.69) is 28.6 Å². The van der Waals surface area contributed by atoms with Crippen molar-refractivity contribution in [2.24, 2.45) is 0 Å². The third-order valence-electron chi connectivity index (χ3n) is 4.59. The van der Waals surface area contributed by atoms with Gasteiger partial charge in [0, 0.05) is 11.8 Å². The Bertz CT molecular complexity index is 942. The van der Waals surface area contributed by atoms with Crippen LogP contribution in [0.25, 0.3) is 0 Å². The van der Waals surface area contributed by atoms with Crippen LogP contribution < -0.4 is 18.9 Å². The van der Waals surface area contributed by atoms with Gasteiger partial charge in [-0.2, -0.15) is 0 Å². The monoisotopic (exact) mass is 443 g/mol. The molecule has 0 saturated heterocycles. The van der Waals surface area contributed by atoms with Gasteiger partial charge in [0.25, 0.3) is 0 Å². The zero-order valence-electron chi connectivity index (χ0n) is 18.6. The third kappa shape index (κ3) is 6.07. The molecule has 3 aromatic rings. The highest BCUT2D eigenvalue weighted by atomic mass is 32.2. The Kier molecular flexibility index (Phi) is 8.06. The number of thioether (sulfide) groups is 1. The van der Waals surface area contributed by atoms with E-state index in [1.807, 2.05) is 55.5 Å². The second kappa shape index (κ2) is 10.9. The molecule has 0 amide bonds. The molecule has 1 aromatic heterocycles. The van der Waals surface area contributed by atoms with Crippen LogP contribution in [-0.4, -0.2) is 41.3 Å². The molecule has 1 atom stereocenters. The van der Waals surface area contributed by atoms with Crippen molar-refractivity contribution in [2.45, 2.75) is 38.1 Å². The molecule has 3 rings (SSSR count). The Morgan fingerprint density at radius 2 is 1.35 bits per heavy atom. The van der Waals surface area contributed by atoms with Gasteiger partial charge in [-0.05, 0) is 69.3 Å². The van der Waals surface area contributed by atoms with Crippen LogP contribution in [0.5, 0.6) is 23.0 Å². The quantitative estimate of drug-likeness (QED) is 0.298. The van der Waals surface area contributed by atoms with Crippen LogP contribution in [-0.2, 0) is 0 Å². The fourth-order valence-electron chi connectivity index (χ4n) is 3.02. The molecule has 0 saturated carbocycles. The van der Waals surface area contributed by atoms with Crippen LogP contribution in [0.15, 0.2) is 53.7 Å². The van der Waals surface area contributed by atoms with Crippen molar-refractivity contribution in [1.29, 1.82) is 0 Å². The number of ether oxygens (including phenoxy) is 4. The maximum atomic E-state index is 6.08. The normalized spacial score (nSPS) is 11.9. The highest BCUT2D eigenvalue weighted by Gasteiger charge is 2.21. The predicted molar refractivity (Wildman–Crippen MR) is 122 cm³/mol. The summed E-state index contributed by atoms with van der Waals surface area (Å²) in [5.74, 6) is 4.73. The molecular weight excluding hydrogens is 414 g/mol. The lowest BCUT2D eigenvalue weighted by Crippen LogP contribution is -2.14. The van der Waals surface area contributed by atoms with Gasteiger partial charge in [-0.3, -0.25) is 0 Å². The molecule has 0 aliphatic carbocycles. The minimum Gasteiger partial charge on any atom is -0.497 e. The summed E-state index contributed by atoms with van der Waals surface area (Å²) in [5.41, 5.74) is 0. The number of nitrogens with zero attached hydrogens (tertiary/aromatic N) is 3. The third-order valence-corrected chi connectivity index (χ3v) is 5.49. The van der Waals surface area contributed by atoms with E-state index < -0.39 is 0 Å². The van der Waals surface area contributed by atoms with Gasteiger partial charge in [0.1, 0.15) is 23.0 Å². The Morgan fingerprint density at radius 3 is 1.90 bits per heavy atom. The van der Waals surface area contributed by atoms with Gasteiger partial charge in [-0.1, -0.05) is 11.8 Å². The standard InChI is InChI=1S/C23H29N3O4S/c1-16(2)26-22(17(3)30-21-12-8-19(28-5)9-13-21)24-25-23(26)31-15-14-29-20-10-6-18(27-4)7-11-20/h6-13,16-17H,14-15H2,1-5H3. The lowest BCUT2D eigenvalue weighted by atomic mass is 10.3. The van der Waals surface area contributed by atoms with Gasteiger partial charge in [0.05, 0.1) is 20.8 Å². The fraction of sp³-hybridized carbons (Fsp3) is 0.391. The minimum atomic E-state index is -0.242. The van der Waals surface area contributed by atoms with Crippen molar-refractivity contribution >= 4 is 11.8 Å². The maximum Gasteiger partial charge on any atom is 0.191 e. The van der Waals surface area contributed by atoms with Gasteiger partial charge in [0.2, 0.25) is 0 Å². The van der Waals surface area contributed by atoms with E-state index in [1.54, 1.807) is 26.0 Å². The van der Waals surface area contributed by atoms with Crippen molar-refractivity contribution in [3.8, 4) is 23.0 Å². The van der Waals surface area contributed by atoms with Gasteiger partial charge in [0.15, 0.2) is 17.1 Å². The molecule has 0 aliphatic heterocycles. The molecule has 0 spiro atoms. The summed E-state index contributed by atoms with van der Waals surface area (Å²) in [7, 11) is 3.29. The van der Waals surface area contributed by atoms with Gasteiger partial charge in [-0.25, -0.2) is 0 Å². The Labute approximate surface area is 187 Å². The number of aromatic nitrogens is 3. The second-order valence-electron chi connectivity index (χ2n) is 7.11. The van der Waals surface area contributed by atoms with Crippen LogP contribution in [0.2, 0.25) is 0 Å². The lowest BCUT2D eigenvalue weighted by Gasteiger charge is -2.19. The fourth-order valence-corrected chi connectivity index (χ4v) is 3.92. The smallest absolute Gasteiger partial charge is 0.191 e. The van der Waals surface area contributed by atoms with Crippen LogP contribution in [0, 0.1) is 0 Å². The van der Waals surface area contributed by atoms with Crippen molar-refractivity contribution in [3.05, 3.63) is 54.4 Å². The second-order valence-corrected chi connectivity index (χ2v) is 8.17. The Morgan fingerprint density at radius 1 is 0.806 bits per heavy atom. The Balaban J connectivity index is 1.59. The predicted octanol–water partition coefficient (Wildman–Crippen LogP) is 5.19. The van der Waals surface area contributed by atoms with E-state index in [9.17, 15) is 0 Å². The van der Waals surface area contributed by atoms with Gasteiger partial charge < -0.3 is 23.5 Å². The molecule has 1 unspecified atom stereocenters. The molecular formula is C23H29N3O4S. The molecule has 0 fully saturated rings. The van der Waals surface area contributed by atoms with Crippen molar-refractivity contribution in [3.63, 3.8) is 0 Å². The highest BCUT2D eigenvalue weighted by Crippen LogP contribution is 2.28. The van der Waals surface area contributed by atoms with Crippen molar-refractivity contribution < 1.29 is 18.9 Å². The van der Waals surface area contributed by atoms with Crippen LogP contribution in [0.4, 0.5) is 0 Å². The number of rotatable bonds is 11. The molecule has 0 aliphatic rings. The van der Waals surface area contributed by atoms with E-state index in [-0.39, 0.29) is 12.1 Å². The molecule has 8 heteroatoms. The largest absolute Gasteiger partial charge is 0.497 e. The molecule has 0 N–H and O–H groups in total.